The van der Waals surface area contributed by atoms with Crippen LogP contribution in [0, 0.1) is 11.3 Å². The van der Waals surface area contributed by atoms with Crippen molar-refractivity contribution in [2.75, 3.05) is 5.32 Å². The van der Waals surface area contributed by atoms with Gasteiger partial charge in [-0.05, 0) is 30.3 Å². The molecule has 0 atom stereocenters. The minimum atomic E-state index is -1.26. The molecule has 2 aromatic carbocycles. The second-order valence-electron chi connectivity index (χ2n) is 4.80. The van der Waals surface area contributed by atoms with Gasteiger partial charge in [-0.1, -0.05) is 16.8 Å². The summed E-state index contributed by atoms with van der Waals surface area (Å²) in [7, 11) is 0. The zero-order valence-corrected chi connectivity index (χ0v) is 12.7. The fourth-order valence-corrected chi connectivity index (χ4v) is 2.32. The molecule has 1 heterocycles. The number of carbonyl (C=O) groups excluding carboxylic acids is 1. The van der Waals surface area contributed by atoms with Crippen LogP contribution in [0.25, 0.3) is 11.0 Å². The fraction of sp³-hybridized carbons (Fsp3) is 0. The average molecular weight is 342 g/mol. The summed E-state index contributed by atoms with van der Waals surface area (Å²) in [6, 6.07) is 10.5. The van der Waals surface area contributed by atoms with E-state index in [2.05, 4.69) is 10.5 Å². The first-order valence-corrected chi connectivity index (χ1v) is 7.01. The van der Waals surface area contributed by atoms with Gasteiger partial charge in [0.2, 0.25) is 0 Å². The van der Waals surface area contributed by atoms with Gasteiger partial charge < -0.3 is 14.9 Å². The topological polar surface area (TPSA) is 116 Å². The van der Waals surface area contributed by atoms with Crippen molar-refractivity contribution in [3.05, 3.63) is 58.2 Å². The van der Waals surface area contributed by atoms with Crippen molar-refractivity contribution in [3.63, 3.8) is 0 Å². The number of fused-ring (bicyclic) bond motifs is 1. The minimum absolute atomic E-state index is 0.00219. The first-order chi connectivity index (χ1) is 11.5. The predicted molar refractivity (Wildman–Crippen MR) is 85.1 cm³/mol. The molecule has 1 aromatic heterocycles. The Bertz CT molecular complexity index is 1020. The molecule has 0 radical (unpaired) electrons. The average Bonchev–Trinajstić information content (AvgIpc) is 2.98. The number of aromatic nitrogens is 1. The van der Waals surface area contributed by atoms with Gasteiger partial charge in [-0.25, -0.2) is 4.79 Å². The molecule has 0 aliphatic heterocycles. The molecule has 7 nitrogen and oxygen atoms in total. The summed E-state index contributed by atoms with van der Waals surface area (Å²) in [5, 5.41) is 25.1. The zero-order valence-electron chi connectivity index (χ0n) is 11.9. The van der Waals surface area contributed by atoms with Gasteiger partial charge in [-0.15, -0.1) is 0 Å². The molecule has 1 amide bonds. The van der Waals surface area contributed by atoms with Crippen molar-refractivity contribution in [3.8, 4) is 6.07 Å². The van der Waals surface area contributed by atoms with Gasteiger partial charge >= 0.3 is 5.97 Å². The molecule has 8 heteroatoms. The Labute approximate surface area is 140 Å². The molecule has 0 aliphatic rings. The Hall–Kier alpha value is -3.37. The Morgan fingerprint density at radius 1 is 1.25 bits per heavy atom. The molecule has 3 rings (SSSR count). The van der Waals surface area contributed by atoms with Crippen LogP contribution < -0.4 is 5.32 Å². The molecule has 0 aliphatic carbocycles. The van der Waals surface area contributed by atoms with Crippen molar-refractivity contribution in [2.24, 2.45) is 0 Å². The van der Waals surface area contributed by atoms with Gasteiger partial charge in [-0.3, -0.25) is 4.79 Å². The van der Waals surface area contributed by atoms with Gasteiger partial charge in [0.25, 0.3) is 5.91 Å². The van der Waals surface area contributed by atoms with E-state index < -0.39 is 11.9 Å². The molecule has 0 spiro atoms. The van der Waals surface area contributed by atoms with E-state index in [1.807, 2.05) is 6.07 Å². The maximum atomic E-state index is 12.4. The largest absolute Gasteiger partial charge is 0.478 e. The molecule has 0 saturated heterocycles. The van der Waals surface area contributed by atoms with Gasteiger partial charge in [0.05, 0.1) is 28.3 Å². The molecule has 0 bridgehead atoms. The highest BCUT2D eigenvalue weighted by Gasteiger charge is 2.19. The van der Waals surface area contributed by atoms with E-state index in [1.54, 1.807) is 12.1 Å². The highest BCUT2D eigenvalue weighted by atomic mass is 35.5. The molecule has 0 unspecified atom stereocenters. The minimum Gasteiger partial charge on any atom is -0.478 e. The molecular formula is C16H8ClN3O4. The highest BCUT2D eigenvalue weighted by molar-refractivity contribution is 6.31. The smallest absolute Gasteiger partial charge is 0.337 e. The fourth-order valence-electron chi connectivity index (χ4n) is 2.16. The van der Waals surface area contributed by atoms with Gasteiger partial charge in [0, 0.05) is 11.1 Å². The number of anilines is 1. The van der Waals surface area contributed by atoms with Crippen molar-refractivity contribution >= 4 is 40.1 Å². The van der Waals surface area contributed by atoms with Crippen LogP contribution in [0.3, 0.4) is 0 Å². The van der Waals surface area contributed by atoms with Crippen molar-refractivity contribution in [2.45, 2.75) is 0 Å². The second-order valence-corrected chi connectivity index (χ2v) is 5.24. The maximum absolute atomic E-state index is 12.4. The van der Waals surface area contributed by atoms with Crippen LogP contribution in [0.15, 0.2) is 40.9 Å². The summed E-state index contributed by atoms with van der Waals surface area (Å²) in [5.41, 5.74) is 0.370. The third-order valence-electron chi connectivity index (χ3n) is 3.28. The number of nitriles is 1. The summed E-state index contributed by atoms with van der Waals surface area (Å²) in [4.78, 5) is 23.7. The molecule has 0 saturated carbocycles. The first kappa shape index (κ1) is 15.5. The van der Waals surface area contributed by atoms with Gasteiger partial charge in [0.1, 0.15) is 0 Å². The molecule has 2 N–H and O–H groups in total. The van der Waals surface area contributed by atoms with Crippen LogP contribution in [0.1, 0.15) is 26.4 Å². The molecule has 3 aromatic rings. The van der Waals surface area contributed by atoms with E-state index >= 15 is 0 Å². The SMILES string of the molecule is N#Cc1ccc(NC(=O)c2noc3cc(Cl)ccc23)c(C(=O)O)c1. The number of amides is 1. The van der Waals surface area contributed by atoms with E-state index in [4.69, 9.17) is 21.4 Å². The van der Waals surface area contributed by atoms with Crippen LogP contribution in [0.4, 0.5) is 5.69 Å². The highest BCUT2D eigenvalue weighted by Crippen LogP contribution is 2.24. The van der Waals surface area contributed by atoms with E-state index in [-0.39, 0.29) is 22.5 Å². The molecule has 24 heavy (non-hydrogen) atoms. The quantitative estimate of drug-likeness (QED) is 0.754. The number of rotatable bonds is 3. The Morgan fingerprint density at radius 3 is 2.75 bits per heavy atom. The Morgan fingerprint density at radius 2 is 2.04 bits per heavy atom. The monoisotopic (exact) mass is 341 g/mol. The van der Waals surface area contributed by atoms with E-state index in [9.17, 15) is 14.7 Å². The van der Waals surface area contributed by atoms with Crippen LogP contribution in [0.2, 0.25) is 5.02 Å². The summed E-state index contributed by atoms with van der Waals surface area (Å²) in [6.45, 7) is 0. The first-order valence-electron chi connectivity index (χ1n) is 6.63. The lowest BCUT2D eigenvalue weighted by molar-refractivity contribution is 0.0698. The molecule has 118 valence electrons. The van der Waals surface area contributed by atoms with Crippen LogP contribution in [0.5, 0.6) is 0 Å². The Kier molecular flexibility index (Phi) is 3.90. The number of carbonyl (C=O) groups is 2. The summed E-state index contributed by atoms with van der Waals surface area (Å²) in [5.74, 6) is -1.90. The Balaban J connectivity index is 1.97. The lowest BCUT2D eigenvalue weighted by Crippen LogP contribution is -2.15. The van der Waals surface area contributed by atoms with Crippen LogP contribution >= 0.6 is 11.6 Å². The lowest BCUT2D eigenvalue weighted by Gasteiger charge is -2.07. The number of carboxylic acids is 1. The van der Waals surface area contributed by atoms with E-state index in [1.165, 1.54) is 24.3 Å². The number of halogens is 1. The maximum Gasteiger partial charge on any atom is 0.337 e. The number of hydrogen-bond acceptors (Lipinski definition) is 5. The third-order valence-corrected chi connectivity index (χ3v) is 3.51. The van der Waals surface area contributed by atoms with Crippen molar-refractivity contribution in [1.29, 1.82) is 5.26 Å². The van der Waals surface area contributed by atoms with Crippen LogP contribution in [-0.4, -0.2) is 22.1 Å². The number of aromatic carboxylic acids is 1. The third kappa shape index (κ3) is 2.78. The zero-order chi connectivity index (χ0) is 17.3. The summed E-state index contributed by atoms with van der Waals surface area (Å²) < 4.78 is 5.05. The number of carboxylic acid groups (broad SMARTS) is 1. The number of nitrogens with one attached hydrogen (secondary N) is 1. The predicted octanol–water partition coefficient (Wildman–Crippen LogP) is 3.30. The number of hydrogen-bond donors (Lipinski definition) is 2. The standard InChI is InChI=1S/C16H8ClN3O4/c17-9-2-3-10-13(6-9)24-20-14(10)15(21)19-12-4-1-8(7-18)5-11(12)16(22)23/h1-6H,(H,19,21)(H,22,23). The van der Waals surface area contributed by atoms with E-state index in [0.29, 0.717) is 16.0 Å². The molecule has 0 fully saturated rings. The summed E-state index contributed by atoms with van der Waals surface area (Å²) >= 11 is 5.84. The van der Waals surface area contributed by atoms with Crippen LogP contribution in [-0.2, 0) is 0 Å². The number of nitrogens with zero attached hydrogens (tertiary/aromatic N) is 2. The van der Waals surface area contributed by atoms with Crippen molar-refractivity contribution < 1.29 is 19.2 Å². The lowest BCUT2D eigenvalue weighted by atomic mass is 10.1. The number of benzene rings is 2. The van der Waals surface area contributed by atoms with Gasteiger partial charge in [-0.2, -0.15) is 5.26 Å². The second kappa shape index (κ2) is 6.02. The van der Waals surface area contributed by atoms with E-state index in [0.717, 1.165) is 0 Å². The van der Waals surface area contributed by atoms with Crippen molar-refractivity contribution in [1.82, 2.24) is 5.16 Å². The summed E-state index contributed by atoms with van der Waals surface area (Å²) in [6.07, 6.45) is 0. The molecular weight excluding hydrogens is 334 g/mol. The van der Waals surface area contributed by atoms with Gasteiger partial charge in [0.15, 0.2) is 11.3 Å². The normalized spacial score (nSPS) is 10.3.